The molecule has 5 saturated carbocycles. The van der Waals surface area contributed by atoms with Crippen molar-refractivity contribution >= 4 is 0 Å². The van der Waals surface area contributed by atoms with E-state index >= 15 is 0 Å². The van der Waals surface area contributed by atoms with Crippen LogP contribution in [-0.2, 0) is 4.74 Å². The molecule has 750 valence electrons. The third-order valence-corrected chi connectivity index (χ3v) is 32.0. The Morgan fingerprint density at radius 3 is 0.532 bits per heavy atom. The van der Waals surface area contributed by atoms with Gasteiger partial charge >= 0.3 is 0 Å². The van der Waals surface area contributed by atoms with Crippen LogP contribution in [0.2, 0.25) is 0 Å². The van der Waals surface area contributed by atoms with Crippen molar-refractivity contribution in [3.05, 3.63) is 0 Å². The first-order valence-electron chi connectivity index (χ1n) is 55.6. The summed E-state index contributed by atoms with van der Waals surface area (Å²) in [5, 5.41) is 0. The van der Waals surface area contributed by atoms with Crippen LogP contribution >= 0.6 is 0 Å². The van der Waals surface area contributed by atoms with Gasteiger partial charge in [-0.3, -0.25) is 29.4 Å². The van der Waals surface area contributed by atoms with Crippen molar-refractivity contribution in [1.29, 1.82) is 0 Å². The van der Waals surface area contributed by atoms with Gasteiger partial charge in [-0.05, 0) is 382 Å². The SMILES string of the molecule is CC(C)C.CC(C)C.CC(C)C.CC(C)C.CC(C)C.CC(C)N1CC2(C1)CN(C(C)C)C2.CC(C)N1CC2(CCC2)C1.CC(C)N1CC2(CCCC2)C1.CC(C)N1CC2(CCCCC2)C1.CC(C)N1CCC2(CC1)CCN(C(C)C)CC2.CC(C)N1CCC2(CC1)CN(C(C)C)CCO2.CC(C)N1CCC2(CCCC2)C1.CC(C)N1CCC2(CCCCC2)CC1. The van der Waals surface area contributed by atoms with Crippen molar-refractivity contribution in [2.45, 2.75) is 521 Å². The van der Waals surface area contributed by atoms with Gasteiger partial charge in [0.1, 0.15) is 0 Å². The average molecular weight is 1770 g/mol. The summed E-state index contributed by atoms with van der Waals surface area (Å²) in [6.45, 7) is 113. The molecule has 16 aliphatic rings. The number of piperidine rings is 4. The summed E-state index contributed by atoms with van der Waals surface area (Å²) in [5.74, 6) is 4.17. The number of hydrogen-bond donors (Lipinski definition) is 0. The van der Waals surface area contributed by atoms with Gasteiger partial charge in [-0.1, -0.05) is 174 Å². The second kappa shape index (κ2) is 57.0. The van der Waals surface area contributed by atoms with E-state index in [0.717, 1.165) is 131 Å². The molecule has 0 unspecified atom stereocenters. The maximum absolute atomic E-state index is 6.15. The van der Waals surface area contributed by atoms with E-state index in [1.165, 1.54) is 324 Å². The summed E-state index contributed by atoms with van der Waals surface area (Å²) < 4.78 is 6.15. The zero-order valence-electron chi connectivity index (χ0n) is 93.0. The molecule has 126 heavy (non-hydrogen) atoms. The highest BCUT2D eigenvalue weighted by Gasteiger charge is 2.53. The second-order valence-electron chi connectivity index (χ2n) is 52.0. The number of nitrogens with zero attached hydrogens (tertiary/aromatic N) is 11. The first-order chi connectivity index (χ1) is 58.8. The maximum Gasteiger partial charge on any atom is 0.0833 e. The molecule has 0 bridgehead atoms. The molecule has 16 rings (SSSR count). The van der Waals surface area contributed by atoms with Gasteiger partial charge in [0, 0.05) is 170 Å². The summed E-state index contributed by atoms with van der Waals surface area (Å²) in [4.78, 5) is 28.7. The lowest BCUT2D eigenvalue weighted by Crippen LogP contribution is -2.73. The Labute approximate surface area is 792 Å². The van der Waals surface area contributed by atoms with Crippen LogP contribution in [0.1, 0.15) is 449 Å². The van der Waals surface area contributed by atoms with Gasteiger partial charge in [0.2, 0.25) is 0 Å². The minimum atomic E-state index is 0.161. The van der Waals surface area contributed by atoms with Gasteiger partial charge in [-0.25, -0.2) is 0 Å². The van der Waals surface area contributed by atoms with Crippen LogP contribution in [0.5, 0.6) is 0 Å². The Balaban J connectivity index is 0.000000294. The molecular formula is C114H233N11O. The highest BCUT2D eigenvalue weighted by Crippen LogP contribution is 2.51. The van der Waals surface area contributed by atoms with E-state index in [4.69, 9.17) is 4.74 Å². The Morgan fingerprint density at radius 1 is 0.143 bits per heavy atom. The Morgan fingerprint density at radius 2 is 0.310 bits per heavy atom. The molecular weight excluding hydrogens is 1540 g/mol. The van der Waals surface area contributed by atoms with Crippen LogP contribution < -0.4 is 0 Å². The van der Waals surface area contributed by atoms with E-state index in [2.05, 4.69) is 310 Å². The van der Waals surface area contributed by atoms with Crippen LogP contribution in [0.3, 0.4) is 0 Å². The molecule has 12 nitrogen and oxygen atoms in total. The van der Waals surface area contributed by atoms with E-state index in [9.17, 15) is 0 Å². The van der Waals surface area contributed by atoms with Crippen molar-refractivity contribution in [2.24, 2.45) is 67.5 Å². The van der Waals surface area contributed by atoms with E-state index in [0.29, 0.717) is 22.9 Å². The fourth-order valence-electron chi connectivity index (χ4n) is 23.0. The first kappa shape index (κ1) is 118. The van der Waals surface area contributed by atoms with E-state index in [1.807, 2.05) is 0 Å². The number of morpholine rings is 1. The van der Waals surface area contributed by atoms with Gasteiger partial charge in [0.25, 0.3) is 0 Å². The zero-order chi connectivity index (χ0) is 94.8. The first-order valence-corrected chi connectivity index (χ1v) is 55.6. The zero-order valence-corrected chi connectivity index (χ0v) is 93.0. The van der Waals surface area contributed by atoms with E-state index in [-0.39, 0.29) is 5.60 Å². The monoisotopic (exact) mass is 1770 g/mol. The smallest absolute Gasteiger partial charge is 0.0833 e. The molecule has 11 aliphatic heterocycles. The highest BCUT2D eigenvalue weighted by atomic mass is 16.5. The minimum absolute atomic E-state index is 0.161. The Kier molecular flexibility index (Phi) is 53.3. The molecule has 11 saturated heterocycles. The van der Waals surface area contributed by atoms with Gasteiger partial charge in [0.15, 0.2) is 0 Å². The second-order valence-corrected chi connectivity index (χ2v) is 52.0. The molecule has 0 radical (unpaired) electrons. The third kappa shape index (κ3) is 41.8. The molecule has 16 fully saturated rings. The molecule has 11 heterocycles. The van der Waals surface area contributed by atoms with Crippen LogP contribution in [0, 0.1) is 67.5 Å². The summed E-state index contributed by atoms with van der Waals surface area (Å²) >= 11 is 0. The van der Waals surface area contributed by atoms with Gasteiger partial charge in [-0.2, -0.15) is 0 Å². The predicted molar refractivity (Wildman–Crippen MR) is 561 cm³/mol. The van der Waals surface area contributed by atoms with Crippen molar-refractivity contribution in [3.63, 3.8) is 0 Å². The topological polar surface area (TPSA) is 44.9 Å². The molecule has 0 amide bonds. The number of hydrogen-bond acceptors (Lipinski definition) is 12. The fourth-order valence-corrected chi connectivity index (χ4v) is 23.0. The molecule has 0 aromatic rings. The van der Waals surface area contributed by atoms with E-state index < -0.39 is 0 Å². The minimum Gasteiger partial charge on any atom is -0.372 e. The lowest BCUT2D eigenvalue weighted by molar-refractivity contribution is -0.143. The fraction of sp³-hybridized carbons (Fsp3) is 1.00. The summed E-state index contributed by atoms with van der Waals surface area (Å²) in [5.41, 5.74) is 5.52. The maximum atomic E-state index is 6.15. The molecule has 0 atom stereocenters. The van der Waals surface area contributed by atoms with E-state index in [1.54, 1.807) is 0 Å². The standard InChI is InChI=1S/C15H30N2.C14H28N2O.C13H25N.C11H22N2.2C11H21N.C10H19N.C9H17N.5C4H10/c1-13(2)16-9-5-15(6-10-16)7-11-17(12-8-15)14(3)4;1-12(2)15-7-5-14(6-8-15)11-16(13(3)4)9-10-17-14;1-12(2)14-10-8-13(9-11-14)6-4-3-5-7-13;1-9(2)12-5-11(6-12)7-13(8-11)10(3)4;1-10(2)12-8-7-11(9-12)5-3-4-6-11;1-10(2)12-8-11(9-12)6-4-3-5-7-11;1-9(2)11-7-10(8-11)5-3-4-6-10;1-8(2)10-6-9(7-10)4-3-5-9;5*1-4(2)3/h13-14H,5-12H2,1-4H3;12-13H,5-11H2,1-4H3;12H,3-11H2,1-2H3;9-10H,5-8H2,1-4H3;2*10H,3-9H2,1-2H3;9H,3-8H2,1-2H3;8H,3-7H2,1-2H3;5*4H,1-3H3. The van der Waals surface area contributed by atoms with Gasteiger partial charge in [-0.15, -0.1) is 0 Å². The molecule has 0 aromatic carbocycles. The number of rotatable bonds is 11. The molecule has 8 spiro atoms. The summed E-state index contributed by atoms with van der Waals surface area (Å²) in [7, 11) is 0. The van der Waals surface area contributed by atoms with Crippen LogP contribution in [0.15, 0.2) is 0 Å². The lowest BCUT2D eigenvalue weighted by atomic mass is 9.63. The molecule has 0 aromatic heterocycles. The average Bonchev–Trinajstić information content (AvgIpc) is 0.880. The molecule has 5 aliphatic carbocycles. The van der Waals surface area contributed by atoms with Crippen molar-refractivity contribution in [3.8, 4) is 0 Å². The summed E-state index contributed by atoms with van der Waals surface area (Å²) in [6, 6.07) is 8.17. The lowest BCUT2D eigenvalue weighted by Gasteiger charge is -2.62. The Bertz CT molecular complexity index is 2560. The van der Waals surface area contributed by atoms with Crippen LogP contribution in [-0.4, -0.2) is 277 Å². The van der Waals surface area contributed by atoms with Gasteiger partial charge in [0.05, 0.1) is 12.2 Å². The van der Waals surface area contributed by atoms with Crippen molar-refractivity contribution < 1.29 is 4.74 Å². The third-order valence-electron chi connectivity index (χ3n) is 32.0. The molecule has 12 heteroatoms. The normalized spacial score (nSPS) is 25.4. The van der Waals surface area contributed by atoms with Gasteiger partial charge < -0.3 is 29.2 Å². The number of ether oxygens (including phenoxy) is 1. The van der Waals surface area contributed by atoms with Crippen LogP contribution in [0.4, 0.5) is 0 Å². The highest BCUT2D eigenvalue weighted by molar-refractivity contribution is 5.08. The van der Waals surface area contributed by atoms with Crippen LogP contribution in [0.25, 0.3) is 0 Å². The molecule has 0 N–H and O–H groups in total. The quantitative estimate of drug-likeness (QED) is 0.198. The number of likely N-dealkylation sites (tertiary alicyclic amines) is 10. The Hall–Kier alpha value is -0.480. The van der Waals surface area contributed by atoms with Crippen molar-refractivity contribution in [2.75, 3.05) is 151 Å². The predicted octanol–water partition coefficient (Wildman–Crippen LogP) is 27.6. The van der Waals surface area contributed by atoms with Crippen molar-refractivity contribution in [1.82, 2.24) is 53.9 Å². The summed E-state index contributed by atoms with van der Waals surface area (Å²) in [6.07, 6.45) is 44.2. The largest absolute Gasteiger partial charge is 0.372 e.